The summed E-state index contributed by atoms with van der Waals surface area (Å²) in [6.45, 7) is 11.5. The van der Waals surface area contributed by atoms with Gasteiger partial charge >= 0.3 is 5.97 Å². The standard InChI is InChI=1S/C43H69NO17/c1-21-15-16-32(48)57-25(5)28(20-55-42-40(54-10)39(53-9)34(49)26(6)58-42)13-11-12-14-29(47)22(2)17-23(3)37(21)60-43-38(30(52-8)18-24(4)56-43)61-41-33(44-27(7)46)36(51)35(50)31(19-45)59-41/h11-16,21-26,28,30-31,33-43,45,49-51H,17-20H2,1-10H3,(H,44,46)/b13-11+,14-12+,16-15+/t21-,22?,23-,24-,25-,26+,28+,30+,31-,33-,34+,35-,36-,37+,38-,39+,40+,41+,42+,43?/m0/s1. The van der Waals surface area contributed by atoms with Crippen molar-refractivity contribution in [3.05, 3.63) is 36.5 Å². The summed E-state index contributed by atoms with van der Waals surface area (Å²) < 4.78 is 60.3. The van der Waals surface area contributed by atoms with Crippen LogP contribution in [-0.4, -0.2) is 171 Å². The Morgan fingerprint density at radius 3 is 2.08 bits per heavy atom. The number of hydrogen-bond donors (Lipinski definition) is 5. The SMILES string of the molecule is CO[C@@H]1[C@H](O)[C@@H](C)O[C@@H](OC[C@H]2/C=C/C=C/C(=O)C(C)C[C@H](C)[C@H](OC3O[C@@H](C)C[C@@H](OC)[C@@H]3O[C@H]3O[C@@H](CO)[C@H](O)[C@@H](O)[C@@H]3NC(C)=O)[C@@H](C)/C=C/C(=O)O[C@H]2C)[C@@H]1OC. The van der Waals surface area contributed by atoms with E-state index in [1.807, 2.05) is 27.7 Å². The highest BCUT2D eigenvalue weighted by atomic mass is 16.8. The van der Waals surface area contributed by atoms with Crippen molar-refractivity contribution in [3.63, 3.8) is 0 Å². The molecule has 0 aromatic carbocycles. The summed E-state index contributed by atoms with van der Waals surface area (Å²) in [7, 11) is 4.44. The fourth-order valence-corrected chi connectivity index (χ4v) is 8.33. The lowest BCUT2D eigenvalue weighted by atomic mass is 9.84. The van der Waals surface area contributed by atoms with Gasteiger partial charge in [0.15, 0.2) is 24.7 Å². The lowest BCUT2D eigenvalue weighted by Crippen LogP contribution is -2.66. The average Bonchev–Trinajstić information content (AvgIpc) is 3.21. The highest BCUT2D eigenvalue weighted by Gasteiger charge is 2.50. The molecule has 5 N–H and O–H groups in total. The molecule has 0 aromatic heterocycles. The van der Waals surface area contributed by atoms with Gasteiger partial charge in [0.25, 0.3) is 0 Å². The van der Waals surface area contributed by atoms with Gasteiger partial charge in [-0.15, -0.1) is 0 Å². The van der Waals surface area contributed by atoms with E-state index in [1.165, 1.54) is 40.4 Å². The van der Waals surface area contributed by atoms with E-state index in [4.69, 9.17) is 47.4 Å². The Hall–Kier alpha value is -2.69. The summed E-state index contributed by atoms with van der Waals surface area (Å²) in [4.78, 5) is 39.0. The Morgan fingerprint density at radius 1 is 0.754 bits per heavy atom. The van der Waals surface area contributed by atoms with Crippen LogP contribution in [0.4, 0.5) is 0 Å². The van der Waals surface area contributed by atoms with Crippen LogP contribution in [0.25, 0.3) is 0 Å². The summed E-state index contributed by atoms with van der Waals surface area (Å²) >= 11 is 0. The number of hydrogen-bond acceptors (Lipinski definition) is 17. The van der Waals surface area contributed by atoms with Gasteiger partial charge in [0.05, 0.1) is 37.6 Å². The number of esters is 1. The second-order valence-corrected chi connectivity index (χ2v) is 16.7. The molecular formula is C43H69NO17. The quantitative estimate of drug-likeness (QED) is 0.173. The predicted octanol–water partition coefficient (Wildman–Crippen LogP) is 1.10. The molecule has 0 aromatic rings. The minimum atomic E-state index is -1.55. The van der Waals surface area contributed by atoms with Crippen molar-refractivity contribution in [1.82, 2.24) is 5.32 Å². The van der Waals surface area contributed by atoms with Crippen LogP contribution in [0.15, 0.2) is 36.5 Å². The largest absolute Gasteiger partial charge is 0.459 e. The molecule has 3 saturated heterocycles. The highest BCUT2D eigenvalue weighted by Crippen LogP contribution is 2.35. The minimum absolute atomic E-state index is 0.0314. The number of aliphatic hydroxyl groups excluding tert-OH is 4. The van der Waals surface area contributed by atoms with Gasteiger partial charge in [0.2, 0.25) is 5.91 Å². The van der Waals surface area contributed by atoms with Crippen LogP contribution >= 0.6 is 0 Å². The first-order chi connectivity index (χ1) is 28.9. The van der Waals surface area contributed by atoms with Crippen molar-refractivity contribution in [3.8, 4) is 0 Å². The number of carbonyl (C=O) groups excluding carboxylic acids is 3. The van der Waals surface area contributed by atoms with Gasteiger partial charge in [-0.3, -0.25) is 9.59 Å². The van der Waals surface area contributed by atoms with Crippen molar-refractivity contribution in [1.29, 1.82) is 0 Å². The summed E-state index contributed by atoms with van der Waals surface area (Å²) in [6, 6.07) is -1.23. The number of amides is 1. The smallest absolute Gasteiger partial charge is 0.330 e. The Bertz CT molecular complexity index is 1490. The maximum atomic E-state index is 13.5. The topological polar surface area (TPSA) is 236 Å². The highest BCUT2D eigenvalue weighted by molar-refractivity contribution is 5.91. The molecule has 2 unspecified atom stereocenters. The van der Waals surface area contributed by atoms with E-state index in [0.29, 0.717) is 12.8 Å². The van der Waals surface area contributed by atoms with Crippen molar-refractivity contribution < 1.29 is 82.2 Å². The van der Waals surface area contributed by atoms with E-state index >= 15 is 0 Å². The molecule has 18 heteroatoms. The molecule has 1 amide bonds. The van der Waals surface area contributed by atoms with E-state index in [1.54, 1.807) is 38.2 Å². The Kier molecular flexibility index (Phi) is 19.9. The molecule has 61 heavy (non-hydrogen) atoms. The number of nitrogens with one attached hydrogen (secondary N) is 1. The molecule has 18 nitrogen and oxygen atoms in total. The van der Waals surface area contributed by atoms with Gasteiger partial charge in [-0.25, -0.2) is 4.79 Å². The Morgan fingerprint density at radius 2 is 1.44 bits per heavy atom. The maximum Gasteiger partial charge on any atom is 0.330 e. The fraction of sp³-hybridized carbons (Fsp3) is 0.791. The fourth-order valence-electron chi connectivity index (χ4n) is 8.33. The molecule has 4 aliphatic rings. The van der Waals surface area contributed by atoms with Crippen LogP contribution in [0, 0.1) is 23.7 Å². The van der Waals surface area contributed by atoms with E-state index in [2.05, 4.69) is 5.32 Å². The summed E-state index contributed by atoms with van der Waals surface area (Å²) in [5, 5.41) is 44.6. The van der Waals surface area contributed by atoms with Gasteiger partial charge in [-0.1, -0.05) is 45.1 Å². The first-order valence-corrected chi connectivity index (χ1v) is 21.1. The molecule has 4 aliphatic heterocycles. The lowest BCUT2D eigenvalue weighted by molar-refractivity contribution is -0.348. The van der Waals surface area contributed by atoms with Gasteiger partial charge in [0.1, 0.15) is 54.9 Å². The zero-order valence-corrected chi connectivity index (χ0v) is 36.9. The van der Waals surface area contributed by atoms with Crippen molar-refractivity contribution in [2.75, 3.05) is 34.5 Å². The number of rotatable bonds is 12. The number of allylic oxidation sites excluding steroid dienone is 3. The van der Waals surface area contributed by atoms with E-state index in [0.717, 1.165) is 0 Å². The van der Waals surface area contributed by atoms with Crippen LogP contribution in [0.2, 0.25) is 0 Å². The number of cyclic esters (lactones) is 1. The molecule has 20 atom stereocenters. The molecule has 3 fully saturated rings. The zero-order chi connectivity index (χ0) is 45.1. The van der Waals surface area contributed by atoms with E-state index in [-0.39, 0.29) is 24.4 Å². The summed E-state index contributed by atoms with van der Waals surface area (Å²) in [5.41, 5.74) is 0. The molecule has 4 rings (SSSR count). The molecule has 0 saturated carbocycles. The van der Waals surface area contributed by atoms with Crippen LogP contribution in [0.1, 0.15) is 61.3 Å². The third kappa shape index (κ3) is 13.4. The van der Waals surface area contributed by atoms with Crippen LogP contribution < -0.4 is 5.32 Å². The van der Waals surface area contributed by atoms with Crippen LogP contribution in [-0.2, 0) is 61.8 Å². The zero-order valence-electron chi connectivity index (χ0n) is 36.9. The normalized spacial score (nSPS) is 44.8. The monoisotopic (exact) mass is 871 g/mol. The predicted molar refractivity (Wildman–Crippen MR) is 216 cm³/mol. The van der Waals surface area contributed by atoms with Gasteiger partial charge in [-0.05, 0) is 39.2 Å². The number of ether oxygens (including phenoxy) is 10. The molecular weight excluding hydrogens is 802 g/mol. The second kappa shape index (κ2) is 23.8. The number of carbonyl (C=O) groups is 3. The van der Waals surface area contributed by atoms with Crippen molar-refractivity contribution in [2.24, 2.45) is 23.7 Å². The third-order valence-electron chi connectivity index (χ3n) is 11.9. The van der Waals surface area contributed by atoms with E-state index < -0.39 is 128 Å². The molecule has 0 spiro atoms. The van der Waals surface area contributed by atoms with Crippen molar-refractivity contribution in [2.45, 2.75) is 159 Å². The van der Waals surface area contributed by atoms with Crippen molar-refractivity contribution >= 4 is 17.7 Å². The molecule has 4 heterocycles. The number of ketones is 1. The van der Waals surface area contributed by atoms with Crippen LogP contribution in [0.5, 0.6) is 0 Å². The Balaban J connectivity index is 1.59. The van der Waals surface area contributed by atoms with Gasteiger partial charge in [0, 0.05) is 58.5 Å². The molecule has 0 bridgehead atoms. The lowest BCUT2D eigenvalue weighted by Gasteiger charge is -2.47. The Labute approximate surface area is 358 Å². The third-order valence-corrected chi connectivity index (χ3v) is 11.9. The first kappa shape index (κ1) is 50.9. The molecule has 0 radical (unpaired) electrons. The number of methoxy groups -OCH3 is 3. The van der Waals surface area contributed by atoms with Gasteiger partial charge < -0.3 is 73.1 Å². The molecule has 348 valence electrons. The first-order valence-electron chi connectivity index (χ1n) is 21.1. The summed E-state index contributed by atoms with van der Waals surface area (Å²) in [5.74, 6) is -2.92. The minimum Gasteiger partial charge on any atom is -0.459 e. The van der Waals surface area contributed by atoms with Crippen LogP contribution in [0.3, 0.4) is 0 Å². The number of aliphatic hydroxyl groups is 4. The van der Waals surface area contributed by atoms with Gasteiger partial charge in [-0.2, -0.15) is 0 Å². The second-order valence-electron chi connectivity index (χ2n) is 16.7. The molecule has 0 aliphatic carbocycles. The maximum absolute atomic E-state index is 13.5. The summed E-state index contributed by atoms with van der Waals surface area (Å²) in [6.07, 6.45) is -3.68. The average molecular weight is 872 g/mol. The van der Waals surface area contributed by atoms with E-state index in [9.17, 15) is 34.8 Å².